The summed E-state index contributed by atoms with van der Waals surface area (Å²) in [6, 6.07) is 7.40. The van der Waals surface area contributed by atoms with Crippen LogP contribution in [0, 0.1) is 20.2 Å². The molecule has 0 aromatic heterocycles. The summed E-state index contributed by atoms with van der Waals surface area (Å²) in [7, 11) is 0. The monoisotopic (exact) mass is 202 g/mol. The van der Waals surface area contributed by atoms with Gasteiger partial charge in [-0.05, 0) is 12.1 Å². The van der Waals surface area contributed by atoms with Crippen LogP contribution in [0.25, 0.3) is 0 Å². The SMILES string of the molecule is F.O=[N+]([O-])C(c1ccccc1)[N+](=O)[O-]. The summed E-state index contributed by atoms with van der Waals surface area (Å²) < 4.78 is 0. The Kier molecular flexibility index (Phi) is 4.14. The van der Waals surface area contributed by atoms with Gasteiger partial charge < -0.3 is 0 Å². The molecule has 0 amide bonds. The first-order chi connectivity index (χ1) is 6.13. The Morgan fingerprint density at radius 1 is 1.00 bits per heavy atom. The van der Waals surface area contributed by atoms with E-state index in [2.05, 4.69) is 0 Å². The molecule has 0 N–H and O–H groups in total. The topological polar surface area (TPSA) is 86.3 Å². The van der Waals surface area contributed by atoms with Crippen molar-refractivity contribution in [3.8, 4) is 0 Å². The third-order valence-corrected chi connectivity index (χ3v) is 1.50. The van der Waals surface area contributed by atoms with Gasteiger partial charge in [0.05, 0.1) is 0 Å². The zero-order valence-corrected chi connectivity index (χ0v) is 6.90. The van der Waals surface area contributed by atoms with E-state index >= 15 is 0 Å². The third kappa shape index (κ3) is 2.47. The van der Waals surface area contributed by atoms with Crippen LogP contribution in [0.15, 0.2) is 30.3 Å². The molecule has 0 aliphatic rings. The van der Waals surface area contributed by atoms with E-state index in [0.717, 1.165) is 0 Å². The molecule has 1 aromatic rings. The van der Waals surface area contributed by atoms with Crippen molar-refractivity contribution < 1.29 is 14.6 Å². The van der Waals surface area contributed by atoms with E-state index in [1.54, 1.807) is 6.07 Å². The molecule has 0 saturated heterocycles. The van der Waals surface area contributed by atoms with Gasteiger partial charge in [0.25, 0.3) is 0 Å². The minimum Gasteiger partial charge on any atom is -0.269 e. The summed E-state index contributed by atoms with van der Waals surface area (Å²) in [6.07, 6.45) is -1.86. The fourth-order valence-corrected chi connectivity index (χ4v) is 0.946. The van der Waals surface area contributed by atoms with Crippen molar-refractivity contribution in [3.63, 3.8) is 0 Å². The van der Waals surface area contributed by atoms with E-state index in [9.17, 15) is 20.2 Å². The summed E-state index contributed by atoms with van der Waals surface area (Å²) in [5.74, 6) is 0. The molecule has 0 heterocycles. The predicted octanol–water partition coefficient (Wildman–Crippen LogP) is 1.39. The molecule has 1 rings (SSSR count). The summed E-state index contributed by atoms with van der Waals surface area (Å²) in [6.45, 7) is 0. The van der Waals surface area contributed by atoms with Crippen LogP contribution in [0.2, 0.25) is 0 Å². The van der Waals surface area contributed by atoms with E-state index in [1.807, 2.05) is 0 Å². The van der Waals surface area contributed by atoms with Crippen molar-refractivity contribution in [3.05, 3.63) is 56.1 Å². The Bertz CT molecular complexity index is 316. The van der Waals surface area contributed by atoms with Crippen LogP contribution in [-0.2, 0) is 0 Å². The number of rotatable bonds is 3. The van der Waals surface area contributed by atoms with Crippen LogP contribution >= 0.6 is 0 Å². The van der Waals surface area contributed by atoms with E-state index in [0.29, 0.717) is 0 Å². The van der Waals surface area contributed by atoms with E-state index < -0.39 is 16.0 Å². The first-order valence-corrected chi connectivity index (χ1v) is 3.45. The molecule has 0 aliphatic carbocycles. The van der Waals surface area contributed by atoms with Crippen LogP contribution in [0.4, 0.5) is 4.70 Å². The second-order valence-corrected chi connectivity index (χ2v) is 2.36. The highest BCUT2D eigenvalue weighted by atomic mass is 19.0. The Hall–Kier alpha value is -2.05. The lowest BCUT2D eigenvalue weighted by Gasteiger charge is -2.00. The quantitative estimate of drug-likeness (QED) is 0.421. The predicted molar refractivity (Wildman–Crippen MR) is 45.7 cm³/mol. The molecule has 0 radical (unpaired) electrons. The standard InChI is InChI=1S/C7H6N2O4.FH/c10-8(11)7(9(12)13)6-4-2-1-3-5-6;/h1-5,7H;1H. The molecule has 0 aliphatic heterocycles. The largest absolute Gasteiger partial charge is 0.476 e. The van der Waals surface area contributed by atoms with Crippen LogP contribution in [0.5, 0.6) is 0 Å². The summed E-state index contributed by atoms with van der Waals surface area (Å²) in [5, 5.41) is 20.6. The van der Waals surface area contributed by atoms with Gasteiger partial charge in [0.2, 0.25) is 0 Å². The first-order valence-electron chi connectivity index (χ1n) is 3.45. The Morgan fingerprint density at radius 3 is 1.79 bits per heavy atom. The molecular formula is C7H7FN2O4. The lowest BCUT2D eigenvalue weighted by Crippen LogP contribution is -2.19. The van der Waals surface area contributed by atoms with Crippen molar-refractivity contribution in [2.45, 2.75) is 6.17 Å². The Morgan fingerprint density at radius 2 is 1.43 bits per heavy atom. The van der Waals surface area contributed by atoms with Crippen molar-refractivity contribution in [2.24, 2.45) is 0 Å². The molecule has 0 bridgehead atoms. The highest BCUT2D eigenvalue weighted by molar-refractivity contribution is 5.15. The molecule has 6 nitrogen and oxygen atoms in total. The fraction of sp³-hybridized carbons (Fsp3) is 0.143. The minimum atomic E-state index is -1.86. The van der Waals surface area contributed by atoms with Crippen LogP contribution in [0.1, 0.15) is 11.7 Å². The molecule has 1 aromatic carbocycles. The summed E-state index contributed by atoms with van der Waals surface area (Å²) >= 11 is 0. The Balaban J connectivity index is 0.00000169. The average Bonchev–Trinajstić information content (AvgIpc) is 2.04. The van der Waals surface area contributed by atoms with Gasteiger partial charge >= 0.3 is 6.17 Å². The van der Waals surface area contributed by atoms with Gasteiger partial charge in [-0.2, -0.15) is 0 Å². The van der Waals surface area contributed by atoms with Gasteiger partial charge in [-0.25, -0.2) is 0 Å². The molecule has 7 heteroatoms. The Labute approximate surface area is 77.8 Å². The van der Waals surface area contributed by atoms with Crippen molar-refractivity contribution in [1.82, 2.24) is 0 Å². The molecular weight excluding hydrogens is 195 g/mol. The number of nitro groups is 2. The van der Waals surface area contributed by atoms with Crippen LogP contribution in [-0.4, -0.2) is 9.85 Å². The van der Waals surface area contributed by atoms with E-state index in [-0.39, 0.29) is 10.3 Å². The molecule has 14 heavy (non-hydrogen) atoms. The highest BCUT2D eigenvalue weighted by Crippen LogP contribution is 2.15. The van der Waals surface area contributed by atoms with Gasteiger partial charge in [0.15, 0.2) is 0 Å². The van der Waals surface area contributed by atoms with Crippen LogP contribution < -0.4 is 0 Å². The van der Waals surface area contributed by atoms with Gasteiger partial charge in [0.1, 0.15) is 15.4 Å². The zero-order valence-electron chi connectivity index (χ0n) is 6.90. The van der Waals surface area contributed by atoms with Gasteiger partial charge in [-0.3, -0.25) is 24.9 Å². The average molecular weight is 202 g/mol. The molecule has 0 atom stereocenters. The van der Waals surface area contributed by atoms with Crippen molar-refractivity contribution >= 4 is 0 Å². The smallest absolute Gasteiger partial charge is 0.269 e. The lowest BCUT2D eigenvalue weighted by molar-refractivity contribution is -0.752. The van der Waals surface area contributed by atoms with Crippen LogP contribution in [0.3, 0.4) is 0 Å². The van der Waals surface area contributed by atoms with Crippen molar-refractivity contribution in [2.75, 3.05) is 0 Å². The number of nitrogens with zero attached hydrogens (tertiary/aromatic N) is 2. The molecule has 0 saturated carbocycles. The zero-order chi connectivity index (χ0) is 9.84. The number of hydrogen-bond donors (Lipinski definition) is 0. The first kappa shape index (κ1) is 11.9. The lowest BCUT2D eigenvalue weighted by atomic mass is 10.2. The minimum absolute atomic E-state index is 0. The molecule has 76 valence electrons. The third-order valence-electron chi connectivity index (χ3n) is 1.50. The maximum absolute atomic E-state index is 10.3. The maximum atomic E-state index is 10.3. The molecule has 0 fully saturated rings. The number of halogens is 1. The normalized spacial score (nSPS) is 9.21. The maximum Gasteiger partial charge on any atom is 0.476 e. The molecule has 0 unspecified atom stereocenters. The fourth-order valence-electron chi connectivity index (χ4n) is 0.946. The van der Waals surface area contributed by atoms with E-state index in [1.165, 1.54) is 24.3 Å². The molecule has 0 spiro atoms. The van der Waals surface area contributed by atoms with Gasteiger partial charge in [0, 0.05) is 0 Å². The van der Waals surface area contributed by atoms with Crippen molar-refractivity contribution in [1.29, 1.82) is 0 Å². The van der Waals surface area contributed by atoms with E-state index in [4.69, 9.17) is 0 Å². The number of benzene rings is 1. The number of hydrogen-bond acceptors (Lipinski definition) is 4. The van der Waals surface area contributed by atoms with Gasteiger partial charge in [-0.15, -0.1) is 0 Å². The highest BCUT2D eigenvalue weighted by Gasteiger charge is 2.33. The summed E-state index contributed by atoms with van der Waals surface area (Å²) in [4.78, 5) is 18.8. The second-order valence-electron chi connectivity index (χ2n) is 2.36. The summed E-state index contributed by atoms with van der Waals surface area (Å²) in [5.41, 5.74) is 0.0810. The second kappa shape index (κ2) is 4.85. The van der Waals surface area contributed by atoms with Gasteiger partial charge in [-0.1, -0.05) is 18.2 Å².